The standard InChI is InChI=1S/C16H18ClN3O4S/c1-23-15-16(19-8-7-18-15)24-14-6-9-20(10-14)25(21,22)11-12-2-4-13(17)5-3-12/h2-5,7-8,14H,6,9-11H2,1H3. The third-order valence-corrected chi connectivity index (χ3v) is 5.94. The minimum absolute atomic E-state index is 0.0641. The highest BCUT2D eigenvalue weighted by molar-refractivity contribution is 7.88. The summed E-state index contributed by atoms with van der Waals surface area (Å²) < 4.78 is 37.5. The molecule has 0 N–H and O–H groups in total. The molecule has 0 bridgehead atoms. The van der Waals surface area contributed by atoms with Crippen LogP contribution < -0.4 is 9.47 Å². The van der Waals surface area contributed by atoms with Gasteiger partial charge in [-0.1, -0.05) is 23.7 Å². The molecule has 3 rings (SSSR count). The average Bonchev–Trinajstić information content (AvgIpc) is 3.07. The molecule has 134 valence electrons. The lowest BCUT2D eigenvalue weighted by Crippen LogP contribution is -2.32. The normalized spacial score (nSPS) is 18.2. The van der Waals surface area contributed by atoms with E-state index in [0.717, 1.165) is 0 Å². The fourth-order valence-corrected chi connectivity index (χ4v) is 4.32. The first kappa shape index (κ1) is 17.9. The summed E-state index contributed by atoms with van der Waals surface area (Å²) in [6.45, 7) is 0.679. The molecule has 0 saturated carbocycles. The van der Waals surface area contributed by atoms with Gasteiger partial charge < -0.3 is 9.47 Å². The van der Waals surface area contributed by atoms with Crippen LogP contribution in [0.5, 0.6) is 11.8 Å². The van der Waals surface area contributed by atoms with Gasteiger partial charge in [-0.2, -0.15) is 4.31 Å². The molecule has 1 saturated heterocycles. The van der Waals surface area contributed by atoms with Crippen LogP contribution in [-0.4, -0.2) is 49.0 Å². The van der Waals surface area contributed by atoms with Gasteiger partial charge >= 0.3 is 0 Å². The van der Waals surface area contributed by atoms with E-state index < -0.39 is 10.0 Å². The number of nitrogens with zero attached hydrogens (tertiary/aromatic N) is 3. The number of benzene rings is 1. The third kappa shape index (κ3) is 4.39. The molecule has 1 atom stereocenters. The van der Waals surface area contributed by atoms with E-state index in [0.29, 0.717) is 23.6 Å². The number of rotatable bonds is 6. The maximum absolute atomic E-state index is 12.6. The molecular formula is C16H18ClN3O4S. The van der Waals surface area contributed by atoms with Crippen molar-refractivity contribution in [2.24, 2.45) is 0 Å². The highest BCUT2D eigenvalue weighted by atomic mass is 35.5. The first-order valence-electron chi connectivity index (χ1n) is 7.72. The predicted molar refractivity (Wildman–Crippen MR) is 93.3 cm³/mol. The van der Waals surface area contributed by atoms with E-state index in [1.54, 1.807) is 24.3 Å². The van der Waals surface area contributed by atoms with Crippen LogP contribution in [0.1, 0.15) is 12.0 Å². The predicted octanol–water partition coefficient (Wildman–Crippen LogP) is 2.12. The van der Waals surface area contributed by atoms with Gasteiger partial charge in [0.2, 0.25) is 10.0 Å². The number of halogens is 1. The van der Waals surface area contributed by atoms with Crippen LogP contribution in [-0.2, 0) is 15.8 Å². The Bertz CT molecular complexity index is 830. The number of hydrogen-bond acceptors (Lipinski definition) is 6. The van der Waals surface area contributed by atoms with Crippen molar-refractivity contribution in [3.8, 4) is 11.8 Å². The molecule has 0 amide bonds. The van der Waals surface area contributed by atoms with Gasteiger partial charge in [0.1, 0.15) is 6.10 Å². The highest BCUT2D eigenvalue weighted by Gasteiger charge is 2.33. The Morgan fingerprint density at radius 2 is 1.88 bits per heavy atom. The van der Waals surface area contributed by atoms with Crippen LogP contribution in [0.25, 0.3) is 0 Å². The van der Waals surface area contributed by atoms with Crippen molar-refractivity contribution >= 4 is 21.6 Å². The molecule has 1 aromatic heterocycles. The molecule has 0 radical (unpaired) electrons. The van der Waals surface area contributed by atoms with Crippen LogP contribution in [0.2, 0.25) is 5.02 Å². The Kier molecular flexibility index (Phi) is 5.41. The molecule has 0 aliphatic carbocycles. The summed E-state index contributed by atoms with van der Waals surface area (Å²) in [7, 11) is -1.94. The monoisotopic (exact) mass is 383 g/mol. The van der Waals surface area contributed by atoms with E-state index in [1.807, 2.05) is 0 Å². The van der Waals surface area contributed by atoms with Crippen molar-refractivity contribution in [2.75, 3.05) is 20.2 Å². The lowest BCUT2D eigenvalue weighted by atomic mass is 10.2. The summed E-state index contributed by atoms with van der Waals surface area (Å²) in [5, 5.41) is 0.578. The summed E-state index contributed by atoms with van der Waals surface area (Å²) in [5.41, 5.74) is 0.698. The van der Waals surface area contributed by atoms with Gasteiger partial charge in [-0.15, -0.1) is 0 Å². The lowest BCUT2D eigenvalue weighted by molar-refractivity contribution is 0.194. The maximum atomic E-state index is 12.6. The Balaban J connectivity index is 1.64. The molecule has 2 heterocycles. The zero-order chi connectivity index (χ0) is 17.9. The van der Waals surface area contributed by atoms with Crippen molar-refractivity contribution < 1.29 is 17.9 Å². The van der Waals surface area contributed by atoms with Crippen molar-refractivity contribution in [1.29, 1.82) is 0 Å². The van der Waals surface area contributed by atoms with Crippen LogP contribution >= 0.6 is 11.6 Å². The topological polar surface area (TPSA) is 81.6 Å². The van der Waals surface area contributed by atoms with E-state index in [9.17, 15) is 8.42 Å². The van der Waals surface area contributed by atoms with E-state index >= 15 is 0 Å². The number of ether oxygens (including phenoxy) is 2. The van der Waals surface area contributed by atoms with Crippen LogP contribution in [0.15, 0.2) is 36.7 Å². The first-order valence-corrected chi connectivity index (χ1v) is 9.70. The van der Waals surface area contributed by atoms with Crippen molar-refractivity contribution in [3.05, 3.63) is 47.2 Å². The summed E-state index contributed by atoms with van der Waals surface area (Å²) in [4.78, 5) is 8.10. The Labute approximate surface area is 151 Å². The number of aromatic nitrogens is 2. The molecule has 0 spiro atoms. The molecule has 2 aromatic rings. The van der Waals surface area contributed by atoms with Crippen molar-refractivity contribution in [1.82, 2.24) is 14.3 Å². The van der Waals surface area contributed by atoms with Crippen LogP contribution in [0, 0.1) is 0 Å². The summed E-state index contributed by atoms with van der Waals surface area (Å²) >= 11 is 5.83. The minimum Gasteiger partial charge on any atom is -0.477 e. The van der Waals surface area contributed by atoms with Gasteiger partial charge in [0.25, 0.3) is 11.8 Å². The number of hydrogen-bond donors (Lipinski definition) is 0. The second kappa shape index (κ2) is 7.55. The summed E-state index contributed by atoms with van der Waals surface area (Å²) in [6.07, 6.45) is 3.30. The quantitative estimate of drug-likeness (QED) is 0.760. The van der Waals surface area contributed by atoms with E-state index in [4.69, 9.17) is 21.1 Å². The van der Waals surface area contributed by atoms with Gasteiger partial charge in [0.05, 0.1) is 19.4 Å². The molecule has 1 fully saturated rings. The highest BCUT2D eigenvalue weighted by Crippen LogP contribution is 2.25. The molecule has 1 aliphatic rings. The SMILES string of the molecule is COc1nccnc1OC1CCN(S(=O)(=O)Cc2ccc(Cl)cc2)C1. The summed E-state index contributed by atoms with van der Waals surface area (Å²) in [6, 6.07) is 6.80. The van der Waals surface area contributed by atoms with Gasteiger partial charge in [-0.05, 0) is 24.1 Å². The molecule has 25 heavy (non-hydrogen) atoms. The van der Waals surface area contributed by atoms with Gasteiger partial charge in [0, 0.05) is 24.0 Å². The second-order valence-corrected chi connectivity index (χ2v) is 8.05. The number of sulfonamides is 1. The van der Waals surface area contributed by atoms with Gasteiger partial charge in [0.15, 0.2) is 0 Å². The smallest absolute Gasteiger partial charge is 0.278 e. The van der Waals surface area contributed by atoms with E-state index in [-0.39, 0.29) is 30.2 Å². The largest absolute Gasteiger partial charge is 0.477 e. The Hall–Kier alpha value is -1.90. The van der Waals surface area contributed by atoms with E-state index in [2.05, 4.69) is 9.97 Å². The molecule has 1 unspecified atom stereocenters. The first-order chi connectivity index (χ1) is 12.0. The molecule has 1 aromatic carbocycles. The third-order valence-electron chi connectivity index (χ3n) is 3.87. The molecule has 1 aliphatic heterocycles. The zero-order valence-corrected chi connectivity index (χ0v) is 15.2. The van der Waals surface area contributed by atoms with Gasteiger partial charge in [-0.25, -0.2) is 18.4 Å². The molecule has 7 nitrogen and oxygen atoms in total. The molecular weight excluding hydrogens is 366 g/mol. The van der Waals surface area contributed by atoms with Crippen LogP contribution in [0.4, 0.5) is 0 Å². The lowest BCUT2D eigenvalue weighted by Gasteiger charge is -2.17. The minimum atomic E-state index is -3.42. The average molecular weight is 384 g/mol. The van der Waals surface area contributed by atoms with Crippen LogP contribution in [0.3, 0.4) is 0 Å². The second-order valence-electron chi connectivity index (χ2n) is 5.64. The van der Waals surface area contributed by atoms with Gasteiger partial charge in [-0.3, -0.25) is 0 Å². The number of methoxy groups -OCH3 is 1. The molecule has 9 heteroatoms. The Morgan fingerprint density at radius 1 is 1.20 bits per heavy atom. The zero-order valence-electron chi connectivity index (χ0n) is 13.6. The fraction of sp³-hybridized carbons (Fsp3) is 0.375. The fourth-order valence-electron chi connectivity index (χ4n) is 2.62. The van der Waals surface area contributed by atoms with E-state index in [1.165, 1.54) is 23.8 Å². The van der Waals surface area contributed by atoms with Crippen molar-refractivity contribution in [3.63, 3.8) is 0 Å². The maximum Gasteiger partial charge on any atom is 0.278 e. The summed E-state index contributed by atoms with van der Waals surface area (Å²) in [5.74, 6) is 0.489. The van der Waals surface area contributed by atoms with Crippen molar-refractivity contribution in [2.45, 2.75) is 18.3 Å². The Morgan fingerprint density at radius 3 is 2.56 bits per heavy atom.